The number of phosphoric ester groups is 1. The number of ether oxygens (including phenoxy) is 2. The lowest BCUT2D eigenvalue weighted by Crippen LogP contribution is -2.64. The third kappa shape index (κ3) is 20.9. The molecule has 6 unspecified atom stereocenters. The van der Waals surface area contributed by atoms with Crippen LogP contribution in [0.2, 0.25) is 0 Å². The van der Waals surface area contributed by atoms with E-state index in [0.29, 0.717) is 12.8 Å². The quantitative estimate of drug-likeness (QED) is 0.0255. The Kier molecular flexibility index (Phi) is 25.4. The Hall–Kier alpha value is -1.41. The fourth-order valence-corrected chi connectivity index (χ4v) is 6.49. The smallest absolute Gasteiger partial charge is 0.462 e. The second kappa shape index (κ2) is 27.3. The lowest BCUT2D eigenvalue weighted by Gasteiger charge is -2.41. The predicted molar refractivity (Wildman–Crippen MR) is 184 cm³/mol. The zero-order valence-corrected chi connectivity index (χ0v) is 30.6. The molecule has 0 bridgehead atoms. The second-order valence-corrected chi connectivity index (χ2v) is 14.5. The number of allylic oxidation sites excluding steroid dienone is 2. The van der Waals surface area contributed by atoms with Gasteiger partial charge in [-0.1, -0.05) is 103 Å². The van der Waals surface area contributed by atoms with Gasteiger partial charge in [-0.2, -0.15) is 0 Å². The molecule has 1 aliphatic rings. The van der Waals surface area contributed by atoms with Crippen LogP contribution in [-0.2, 0) is 32.7 Å². The van der Waals surface area contributed by atoms with E-state index in [0.717, 1.165) is 57.8 Å². The van der Waals surface area contributed by atoms with Crippen molar-refractivity contribution in [1.29, 1.82) is 0 Å². The molecular formula is C35H65O13P. The first-order valence-electron chi connectivity index (χ1n) is 18.5. The third-order valence-corrected chi connectivity index (χ3v) is 9.59. The van der Waals surface area contributed by atoms with Gasteiger partial charge in [-0.15, -0.1) is 0 Å². The highest BCUT2D eigenvalue weighted by atomic mass is 31.2. The molecule has 1 aliphatic carbocycles. The number of carbonyl (C=O) groups is 2. The van der Waals surface area contributed by atoms with Gasteiger partial charge in [-0.3, -0.25) is 18.6 Å². The summed E-state index contributed by atoms with van der Waals surface area (Å²) in [6, 6.07) is 0. The Morgan fingerprint density at radius 1 is 0.612 bits per heavy atom. The average Bonchev–Trinajstić information content (AvgIpc) is 3.07. The highest BCUT2D eigenvalue weighted by Gasteiger charge is 2.51. The topological polar surface area (TPSA) is 210 Å². The first-order valence-corrected chi connectivity index (χ1v) is 20.0. The van der Waals surface area contributed by atoms with Crippen molar-refractivity contribution in [2.24, 2.45) is 0 Å². The van der Waals surface area contributed by atoms with Crippen LogP contribution < -0.4 is 0 Å². The van der Waals surface area contributed by atoms with Crippen LogP contribution in [0.1, 0.15) is 142 Å². The maximum Gasteiger partial charge on any atom is 0.472 e. The van der Waals surface area contributed by atoms with Gasteiger partial charge in [0, 0.05) is 12.8 Å². The SMILES string of the molecule is CCCCCCCC/C=C/CCCCCC(=O)OC[C@H](COP(=O)(O)OC1C(O)C(O)C(O)[C@@H](O)C1O)OC(=O)CCCCCCCCC. The lowest BCUT2D eigenvalue weighted by molar-refractivity contribution is -0.220. The van der Waals surface area contributed by atoms with Crippen LogP contribution in [0, 0.1) is 0 Å². The van der Waals surface area contributed by atoms with Gasteiger partial charge in [0.1, 0.15) is 43.2 Å². The van der Waals surface area contributed by atoms with E-state index in [4.69, 9.17) is 18.5 Å². The van der Waals surface area contributed by atoms with E-state index in [-0.39, 0.29) is 12.8 Å². The number of aliphatic hydroxyl groups is 5. The van der Waals surface area contributed by atoms with Crippen LogP contribution in [-0.4, -0.2) is 98.3 Å². The number of rotatable bonds is 29. The van der Waals surface area contributed by atoms with Crippen LogP contribution in [0.4, 0.5) is 0 Å². The standard InChI is InChI=1S/C35H65O13P/c1-3-5-7-9-11-12-13-14-15-16-18-19-21-23-28(36)45-25-27(47-29(37)24-22-20-17-10-8-6-4-2)26-46-49(43,44)48-35-33(41)31(39)30(38)32(40)34(35)42/h14-15,27,30-35,38-42H,3-13,16-26H2,1-2H3,(H,43,44)/b15-14+/t27-,30?,31-,32?,33?,34?,35?/m1/s1. The van der Waals surface area contributed by atoms with E-state index in [2.05, 4.69) is 26.0 Å². The molecule has 1 rings (SSSR count). The predicted octanol–water partition coefficient (Wildman–Crippen LogP) is 5.16. The summed E-state index contributed by atoms with van der Waals surface area (Å²) in [5.41, 5.74) is 0. The average molecular weight is 725 g/mol. The van der Waals surface area contributed by atoms with Crippen molar-refractivity contribution in [3.05, 3.63) is 12.2 Å². The van der Waals surface area contributed by atoms with Crippen molar-refractivity contribution >= 4 is 19.8 Å². The number of unbranched alkanes of at least 4 members (excludes halogenated alkanes) is 15. The molecule has 0 aliphatic heterocycles. The molecule has 0 heterocycles. The molecule has 288 valence electrons. The molecule has 0 radical (unpaired) electrons. The zero-order chi connectivity index (χ0) is 36.5. The highest BCUT2D eigenvalue weighted by molar-refractivity contribution is 7.47. The van der Waals surface area contributed by atoms with Gasteiger partial charge in [0.25, 0.3) is 0 Å². The first-order chi connectivity index (χ1) is 23.4. The lowest BCUT2D eigenvalue weighted by atomic mass is 9.85. The fraction of sp³-hybridized carbons (Fsp3) is 0.886. The maximum absolute atomic E-state index is 12.7. The van der Waals surface area contributed by atoms with Crippen molar-refractivity contribution in [3.63, 3.8) is 0 Å². The molecular weight excluding hydrogens is 659 g/mol. The Bertz CT molecular complexity index is 932. The number of carbonyl (C=O) groups excluding carboxylic acids is 2. The molecule has 0 aromatic heterocycles. The van der Waals surface area contributed by atoms with E-state index in [1.165, 1.54) is 44.9 Å². The summed E-state index contributed by atoms with van der Waals surface area (Å²) in [4.78, 5) is 35.2. The van der Waals surface area contributed by atoms with E-state index in [1.54, 1.807) is 0 Å². The minimum Gasteiger partial charge on any atom is -0.462 e. The number of hydrogen-bond acceptors (Lipinski definition) is 12. The third-order valence-electron chi connectivity index (χ3n) is 8.61. The largest absolute Gasteiger partial charge is 0.472 e. The summed E-state index contributed by atoms with van der Waals surface area (Å²) in [5, 5.41) is 49.7. The van der Waals surface area contributed by atoms with Crippen molar-refractivity contribution in [1.82, 2.24) is 0 Å². The van der Waals surface area contributed by atoms with Crippen molar-refractivity contribution in [3.8, 4) is 0 Å². The van der Waals surface area contributed by atoms with E-state index >= 15 is 0 Å². The molecule has 8 atom stereocenters. The Morgan fingerprint density at radius 2 is 1.04 bits per heavy atom. The summed E-state index contributed by atoms with van der Waals surface area (Å²) in [6.07, 6.45) is 10.4. The minimum atomic E-state index is -5.10. The van der Waals surface area contributed by atoms with Gasteiger partial charge in [-0.25, -0.2) is 4.57 Å². The first kappa shape index (κ1) is 45.6. The fourth-order valence-electron chi connectivity index (χ4n) is 5.52. The van der Waals surface area contributed by atoms with Crippen LogP contribution in [0.25, 0.3) is 0 Å². The maximum atomic E-state index is 12.7. The van der Waals surface area contributed by atoms with Gasteiger partial charge in [0.05, 0.1) is 6.61 Å². The monoisotopic (exact) mass is 724 g/mol. The van der Waals surface area contributed by atoms with E-state index < -0.39 is 75.7 Å². The Labute approximate surface area is 293 Å². The molecule has 1 saturated carbocycles. The highest BCUT2D eigenvalue weighted by Crippen LogP contribution is 2.47. The van der Waals surface area contributed by atoms with Gasteiger partial charge in [0.2, 0.25) is 0 Å². The Balaban J connectivity index is 2.54. The van der Waals surface area contributed by atoms with Gasteiger partial charge in [0.15, 0.2) is 6.10 Å². The summed E-state index contributed by atoms with van der Waals surface area (Å²) in [5.74, 6) is -1.13. The van der Waals surface area contributed by atoms with E-state index in [9.17, 15) is 44.6 Å². The molecule has 49 heavy (non-hydrogen) atoms. The summed E-state index contributed by atoms with van der Waals surface area (Å²) < 4.78 is 33.1. The van der Waals surface area contributed by atoms with Crippen LogP contribution >= 0.6 is 7.82 Å². The molecule has 6 N–H and O–H groups in total. The van der Waals surface area contributed by atoms with Crippen LogP contribution in [0.15, 0.2) is 12.2 Å². The van der Waals surface area contributed by atoms with Gasteiger partial charge < -0.3 is 39.9 Å². The molecule has 14 heteroatoms. The summed E-state index contributed by atoms with van der Waals surface area (Å²) >= 11 is 0. The van der Waals surface area contributed by atoms with Gasteiger partial charge >= 0.3 is 19.8 Å². The molecule has 0 amide bonds. The van der Waals surface area contributed by atoms with E-state index in [1.807, 2.05) is 0 Å². The number of aliphatic hydroxyl groups excluding tert-OH is 5. The van der Waals surface area contributed by atoms with Crippen molar-refractivity contribution in [2.45, 2.75) is 185 Å². The number of esters is 2. The van der Waals surface area contributed by atoms with Crippen LogP contribution in [0.5, 0.6) is 0 Å². The molecule has 1 fully saturated rings. The summed E-state index contributed by atoms with van der Waals surface area (Å²) in [6.45, 7) is 3.17. The molecule has 0 aromatic rings. The normalized spacial score (nSPS) is 24.5. The molecule has 0 spiro atoms. The molecule has 0 aromatic carbocycles. The molecule has 13 nitrogen and oxygen atoms in total. The summed E-state index contributed by atoms with van der Waals surface area (Å²) in [7, 11) is -5.10. The van der Waals surface area contributed by atoms with Crippen molar-refractivity contribution in [2.75, 3.05) is 13.2 Å². The number of hydrogen-bond donors (Lipinski definition) is 6. The minimum absolute atomic E-state index is 0.0947. The second-order valence-electron chi connectivity index (χ2n) is 13.1. The zero-order valence-electron chi connectivity index (χ0n) is 29.7. The molecule has 0 saturated heterocycles. The van der Waals surface area contributed by atoms with Crippen molar-refractivity contribution < 1.29 is 63.1 Å². The van der Waals surface area contributed by atoms with Gasteiger partial charge in [-0.05, 0) is 38.5 Å². The van der Waals surface area contributed by atoms with Crippen LogP contribution in [0.3, 0.4) is 0 Å². The Morgan fingerprint density at radius 3 is 1.57 bits per heavy atom. The number of phosphoric acid groups is 1.